The minimum atomic E-state index is -0.452. The van der Waals surface area contributed by atoms with Crippen molar-refractivity contribution in [2.75, 3.05) is 6.54 Å². The zero-order chi connectivity index (χ0) is 26.4. The van der Waals surface area contributed by atoms with Crippen LogP contribution < -0.4 is 16.6 Å². The molecule has 1 aliphatic heterocycles. The number of piperidine rings is 1. The van der Waals surface area contributed by atoms with E-state index in [0.29, 0.717) is 54.0 Å². The van der Waals surface area contributed by atoms with E-state index in [-0.39, 0.29) is 36.5 Å². The van der Waals surface area contributed by atoms with E-state index >= 15 is 0 Å². The molecule has 37 heavy (non-hydrogen) atoms. The van der Waals surface area contributed by atoms with E-state index in [1.165, 1.54) is 20.5 Å². The Bertz CT molecular complexity index is 1380. The number of halogens is 1. The number of hydrogen-bond donors (Lipinski definition) is 1. The second-order valence-electron chi connectivity index (χ2n) is 9.57. The Hall–Kier alpha value is -2.91. The molecule has 0 bridgehead atoms. The van der Waals surface area contributed by atoms with Gasteiger partial charge in [0.1, 0.15) is 11.2 Å². The zero-order valence-corrected chi connectivity index (χ0v) is 22.7. The average Bonchev–Trinajstić information content (AvgIpc) is 3.38. The molecule has 1 fully saturated rings. The minimum absolute atomic E-state index is 0.0649. The van der Waals surface area contributed by atoms with Gasteiger partial charge in [-0.05, 0) is 62.1 Å². The Morgan fingerprint density at radius 3 is 2.68 bits per heavy atom. The van der Waals surface area contributed by atoms with Gasteiger partial charge in [-0.15, -0.1) is 11.3 Å². The normalized spacial score (nSPS) is 15.7. The lowest BCUT2D eigenvalue weighted by Crippen LogP contribution is -2.46. The predicted octanol–water partition coefficient (Wildman–Crippen LogP) is 4.16. The first-order chi connectivity index (χ1) is 17.9. The molecule has 3 heterocycles. The van der Waals surface area contributed by atoms with Crippen LogP contribution in [0.15, 0.2) is 45.3 Å². The standard InChI is InChI=1S/C27H33ClN4O4S/c1-19-9-6-8-14-30(19)24(34)18-32-22-13-16-37-25(22)26(35)31(27(32)36)15-7-2-3-12-23(33)29-17-20-10-4-5-11-21(20)28/h4-5,10-11,13,16,19H,2-3,6-9,12,14-15,17-18H2,1H3,(H,29,33)/t19-/m1/s1. The third-order valence-corrected chi connectivity index (χ3v) is 8.23. The summed E-state index contributed by atoms with van der Waals surface area (Å²) in [6, 6.07) is 9.27. The van der Waals surface area contributed by atoms with Gasteiger partial charge in [0.25, 0.3) is 5.56 Å². The maximum Gasteiger partial charge on any atom is 0.332 e. The van der Waals surface area contributed by atoms with Crippen molar-refractivity contribution >= 4 is 45.0 Å². The van der Waals surface area contributed by atoms with Crippen LogP contribution in [0.5, 0.6) is 0 Å². The van der Waals surface area contributed by atoms with Gasteiger partial charge in [0.05, 0.1) is 5.52 Å². The lowest BCUT2D eigenvalue weighted by Gasteiger charge is -2.33. The molecule has 10 heteroatoms. The molecule has 0 aliphatic carbocycles. The Morgan fingerprint density at radius 1 is 1.08 bits per heavy atom. The third kappa shape index (κ3) is 6.51. The minimum Gasteiger partial charge on any atom is -0.352 e. The molecule has 1 aliphatic rings. The number of hydrogen-bond acceptors (Lipinski definition) is 5. The van der Waals surface area contributed by atoms with Crippen molar-refractivity contribution in [2.24, 2.45) is 0 Å². The summed E-state index contributed by atoms with van der Waals surface area (Å²) in [5.41, 5.74) is 0.615. The molecule has 0 saturated carbocycles. The summed E-state index contributed by atoms with van der Waals surface area (Å²) in [4.78, 5) is 53.4. The van der Waals surface area contributed by atoms with Crippen molar-refractivity contribution in [3.05, 3.63) is 67.1 Å². The van der Waals surface area contributed by atoms with Crippen LogP contribution in [0.2, 0.25) is 5.02 Å². The van der Waals surface area contributed by atoms with E-state index < -0.39 is 5.69 Å². The number of nitrogens with one attached hydrogen (secondary N) is 1. The van der Waals surface area contributed by atoms with Crippen LogP contribution in [0.25, 0.3) is 10.2 Å². The van der Waals surface area contributed by atoms with Gasteiger partial charge in [-0.25, -0.2) is 4.79 Å². The van der Waals surface area contributed by atoms with Crippen molar-refractivity contribution < 1.29 is 9.59 Å². The van der Waals surface area contributed by atoms with Crippen molar-refractivity contribution in [1.29, 1.82) is 0 Å². The van der Waals surface area contributed by atoms with E-state index in [9.17, 15) is 19.2 Å². The number of fused-ring (bicyclic) bond motifs is 1. The maximum absolute atomic E-state index is 13.3. The van der Waals surface area contributed by atoms with E-state index in [4.69, 9.17) is 11.6 Å². The molecule has 2 aromatic heterocycles. The van der Waals surface area contributed by atoms with Gasteiger partial charge < -0.3 is 10.2 Å². The average molecular weight is 545 g/mol. The van der Waals surface area contributed by atoms with Crippen LogP contribution in [0.4, 0.5) is 0 Å². The predicted molar refractivity (Wildman–Crippen MR) is 147 cm³/mol. The Kier molecular flexibility index (Phi) is 9.21. The first-order valence-corrected chi connectivity index (χ1v) is 14.1. The highest BCUT2D eigenvalue weighted by Gasteiger charge is 2.25. The van der Waals surface area contributed by atoms with Crippen molar-refractivity contribution in [1.82, 2.24) is 19.4 Å². The third-order valence-electron chi connectivity index (χ3n) is 6.97. The van der Waals surface area contributed by atoms with E-state index in [2.05, 4.69) is 5.32 Å². The molecule has 1 atom stereocenters. The molecule has 2 amide bonds. The molecule has 0 radical (unpaired) electrons. The summed E-state index contributed by atoms with van der Waals surface area (Å²) in [6.07, 6.45) is 5.31. The monoisotopic (exact) mass is 544 g/mol. The van der Waals surface area contributed by atoms with Crippen LogP contribution in [0, 0.1) is 0 Å². The van der Waals surface area contributed by atoms with E-state index in [1.54, 1.807) is 17.5 Å². The summed E-state index contributed by atoms with van der Waals surface area (Å²) < 4.78 is 3.17. The van der Waals surface area contributed by atoms with Crippen LogP contribution in [0.1, 0.15) is 57.4 Å². The van der Waals surface area contributed by atoms with Gasteiger partial charge in [0.2, 0.25) is 11.8 Å². The SMILES string of the molecule is C[C@@H]1CCCCN1C(=O)Cn1c(=O)n(CCCCCC(=O)NCc2ccccc2Cl)c(=O)c2sccc21. The number of carbonyl (C=O) groups is 2. The number of unbranched alkanes of at least 4 members (excludes halogenated alkanes) is 2. The second-order valence-corrected chi connectivity index (χ2v) is 10.9. The summed E-state index contributed by atoms with van der Waals surface area (Å²) in [7, 11) is 0. The van der Waals surface area contributed by atoms with E-state index in [1.807, 2.05) is 30.0 Å². The number of benzene rings is 1. The number of carbonyl (C=O) groups excluding carboxylic acids is 2. The quantitative estimate of drug-likeness (QED) is 0.388. The fourth-order valence-corrected chi connectivity index (χ4v) is 5.88. The molecule has 0 spiro atoms. The van der Waals surface area contributed by atoms with Gasteiger partial charge in [0.15, 0.2) is 0 Å². The highest BCUT2D eigenvalue weighted by molar-refractivity contribution is 7.17. The molecule has 8 nitrogen and oxygen atoms in total. The number of likely N-dealkylation sites (tertiary alicyclic amines) is 1. The molecular weight excluding hydrogens is 512 g/mol. The molecule has 0 unspecified atom stereocenters. The molecule has 1 saturated heterocycles. The van der Waals surface area contributed by atoms with Crippen molar-refractivity contribution in [3.63, 3.8) is 0 Å². The Balaban J connectivity index is 1.35. The number of thiophene rings is 1. The summed E-state index contributed by atoms with van der Waals surface area (Å²) in [6.45, 7) is 3.30. The number of rotatable bonds is 10. The van der Waals surface area contributed by atoms with Gasteiger partial charge in [0, 0.05) is 37.1 Å². The van der Waals surface area contributed by atoms with Gasteiger partial charge in [-0.2, -0.15) is 0 Å². The molecule has 4 rings (SSSR count). The van der Waals surface area contributed by atoms with Crippen LogP contribution in [-0.4, -0.2) is 38.4 Å². The fourth-order valence-electron chi connectivity index (χ4n) is 4.83. The molecule has 198 valence electrons. The number of amides is 2. The smallest absolute Gasteiger partial charge is 0.332 e. The molecule has 3 aromatic rings. The summed E-state index contributed by atoms with van der Waals surface area (Å²) in [5.74, 6) is -0.153. The van der Waals surface area contributed by atoms with Crippen LogP contribution in [-0.2, 0) is 29.2 Å². The molecule has 1 aromatic carbocycles. The van der Waals surface area contributed by atoms with Gasteiger partial charge >= 0.3 is 5.69 Å². The topological polar surface area (TPSA) is 93.4 Å². The lowest BCUT2D eigenvalue weighted by molar-refractivity contribution is -0.135. The molecule has 1 N–H and O–H groups in total. The number of nitrogens with zero attached hydrogens (tertiary/aromatic N) is 3. The largest absolute Gasteiger partial charge is 0.352 e. The van der Waals surface area contributed by atoms with E-state index in [0.717, 1.165) is 24.8 Å². The zero-order valence-electron chi connectivity index (χ0n) is 21.1. The summed E-state index contributed by atoms with van der Waals surface area (Å²) in [5, 5.41) is 5.27. The fraction of sp³-hybridized carbons (Fsp3) is 0.481. The molecular formula is C27H33ClN4O4S. The number of aromatic nitrogens is 2. The van der Waals surface area contributed by atoms with Gasteiger partial charge in [-0.3, -0.25) is 23.5 Å². The van der Waals surface area contributed by atoms with Crippen molar-refractivity contribution in [3.8, 4) is 0 Å². The lowest BCUT2D eigenvalue weighted by atomic mass is 10.0. The maximum atomic E-state index is 13.3. The van der Waals surface area contributed by atoms with Crippen molar-refractivity contribution in [2.45, 2.75) is 77.5 Å². The Labute approximate surface area is 224 Å². The van der Waals surface area contributed by atoms with Crippen LogP contribution >= 0.6 is 22.9 Å². The first kappa shape index (κ1) is 27.1. The van der Waals surface area contributed by atoms with Crippen LogP contribution in [0.3, 0.4) is 0 Å². The highest BCUT2D eigenvalue weighted by Crippen LogP contribution is 2.19. The second kappa shape index (κ2) is 12.6. The Morgan fingerprint density at radius 2 is 1.89 bits per heavy atom. The van der Waals surface area contributed by atoms with Gasteiger partial charge in [-0.1, -0.05) is 36.2 Å². The first-order valence-electron chi connectivity index (χ1n) is 12.9. The highest BCUT2D eigenvalue weighted by atomic mass is 35.5. The summed E-state index contributed by atoms with van der Waals surface area (Å²) >= 11 is 7.41.